The molecule has 0 heterocycles. The molecule has 0 rings (SSSR count). The monoisotopic (exact) mass is 534 g/mol. The fraction of sp³-hybridized carbons (Fsp3) is 0.824. The van der Waals surface area contributed by atoms with Crippen LogP contribution in [0.1, 0.15) is 167 Å². The molecule has 0 saturated carbocycles. The normalized spacial score (nSPS) is 12.1. The second-order valence-electron chi connectivity index (χ2n) is 11.1. The average Bonchev–Trinajstić information content (AvgIpc) is 2.90. The highest BCUT2D eigenvalue weighted by Crippen LogP contribution is 2.18. The van der Waals surface area contributed by atoms with Gasteiger partial charge in [-0.05, 0) is 32.1 Å². The molecular formula is C34H62O4. The van der Waals surface area contributed by atoms with E-state index < -0.39 is 17.9 Å². The van der Waals surface area contributed by atoms with Crippen molar-refractivity contribution in [1.29, 1.82) is 0 Å². The number of carboxylic acids is 1. The molecule has 1 N–H and O–H groups in total. The third-order valence-electron chi connectivity index (χ3n) is 7.41. The fourth-order valence-electron chi connectivity index (χ4n) is 5.00. The highest BCUT2D eigenvalue weighted by Gasteiger charge is 2.22. The van der Waals surface area contributed by atoms with Crippen LogP contribution in [-0.2, 0) is 14.3 Å². The summed E-state index contributed by atoms with van der Waals surface area (Å²) < 4.78 is 5.04. The van der Waals surface area contributed by atoms with Crippen LogP contribution in [0.4, 0.5) is 0 Å². The Hall–Kier alpha value is -1.58. The lowest BCUT2D eigenvalue weighted by atomic mass is 9.97. The molecule has 0 saturated heterocycles. The fourth-order valence-corrected chi connectivity index (χ4v) is 5.00. The number of carboxylic acid groups (broad SMARTS) is 1. The largest absolute Gasteiger partial charge is 0.481 e. The van der Waals surface area contributed by atoms with Gasteiger partial charge in [0.15, 0.2) is 0 Å². The summed E-state index contributed by atoms with van der Waals surface area (Å²) in [6.07, 6.45) is 37.1. The maximum Gasteiger partial charge on any atom is 0.309 e. The quantitative estimate of drug-likeness (QED) is 0.0565. The van der Waals surface area contributed by atoms with E-state index in [9.17, 15) is 9.59 Å². The Kier molecular flexibility index (Phi) is 28.7. The molecule has 4 heteroatoms. The van der Waals surface area contributed by atoms with E-state index in [0.717, 1.165) is 19.3 Å². The topological polar surface area (TPSA) is 63.6 Å². The Morgan fingerprint density at radius 1 is 0.658 bits per heavy atom. The molecule has 1 unspecified atom stereocenters. The predicted molar refractivity (Wildman–Crippen MR) is 163 cm³/mol. The molecule has 0 aliphatic carbocycles. The number of rotatable bonds is 30. The molecule has 0 aromatic carbocycles. The van der Waals surface area contributed by atoms with E-state index in [4.69, 9.17) is 9.84 Å². The van der Waals surface area contributed by atoms with Crippen LogP contribution in [0.5, 0.6) is 0 Å². The highest BCUT2D eigenvalue weighted by atomic mass is 16.5. The molecule has 38 heavy (non-hydrogen) atoms. The van der Waals surface area contributed by atoms with E-state index in [0.29, 0.717) is 6.42 Å². The van der Waals surface area contributed by atoms with E-state index in [1.54, 1.807) is 0 Å². The Morgan fingerprint density at radius 3 is 1.45 bits per heavy atom. The summed E-state index contributed by atoms with van der Waals surface area (Å²) in [6, 6.07) is 0. The second-order valence-corrected chi connectivity index (χ2v) is 11.1. The summed E-state index contributed by atoms with van der Waals surface area (Å²) in [5, 5.41) is 9.02. The lowest BCUT2D eigenvalue weighted by molar-refractivity contribution is -0.152. The highest BCUT2D eigenvalue weighted by molar-refractivity contribution is 5.79. The number of aliphatic carboxylic acids is 1. The number of allylic oxidation sites excluding steroid dienone is 2. The standard InChI is InChI=1S/C34H62O4/c1-3-5-6-7-8-9-10-11-12-13-14-15-16-17-18-19-20-21-22-23-24-25-26-27-28-29-32(31-33(35)36)34(37)38-30-4-2/h4,15-16,32H,2-3,5-14,17-31H2,1H3,(H,35,36)/b16-15+. The Bertz CT molecular complexity index is 569. The molecule has 222 valence electrons. The zero-order chi connectivity index (χ0) is 27.9. The van der Waals surface area contributed by atoms with Gasteiger partial charge in [-0.2, -0.15) is 0 Å². The first kappa shape index (κ1) is 36.4. The van der Waals surface area contributed by atoms with E-state index in [2.05, 4.69) is 25.7 Å². The van der Waals surface area contributed by atoms with Gasteiger partial charge in [0.1, 0.15) is 6.61 Å². The third-order valence-corrected chi connectivity index (χ3v) is 7.41. The Labute approximate surface area is 236 Å². The maximum atomic E-state index is 12.0. The number of hydrogen-bond donors (Lipinski definition) is 1. The minimum Gasteiger partial charge on any atom is -0.481 e. The van der Waals surface area contributed by atoms with Gasteiger partial charge in [-0.25, -0.2) is 0 Å². The minimum absolute atomic E-state index is 0.144. The van der Waals surface area contributed by atoms with Crippen molar-refractivity contribution in [2.24, 2.45) is 5.92 Å². The molecule has 1 atom stereocenters. The molecule has 0 fully saturated rings. The van der Waals surface area contributed by atoms with Gasteiger partial charge < -0.3 is 9.84 Å². The van der Waals surface area contributed by atoms with Gasteiger partial charge in [-0.3, -0.25) is 9.59 Å². The molecule has 0 aromatic rings. The molecule has 0 bridgehead atoms. The summed E-state index contributed by atoms with van der Waals surface area (Å²) in [7, 11) is 0. The molecular weight excluding hydrogens is 472 g/mol. The summed E-state index contributed by atoms with van der Waals surface area (Å²) >= 11 is 0. The molecule has 0 amide bonds. The van der Waals surface area contributed by atoms with Gasteiger partial charge in [0, 0.05) is 0 Å². The molecule has 0 radical (unpaired) electrons. The van der Waals surface area contributed by atoms with Gasteiger partial charge in [0.25, 0.3) is 0 Å². The summed E-state index contributed by atoms with van der Waals surface area (Å²) in [5.41, 5.74) is 0. The number of carbonyl (C=O) groups excluding carboxylic acids is 1. The maximum absolute atomic E-state index is 12.0. The van der Waals surface area contributed by atoms with Crippen molar-refractivity contribution in [2.45, 2.75) is 167 Å². The molecule has 0 spiro atoms. The van der Waals surface area contributed by atoms with Gasteiger partial charge in [0.2, 0.25) is 0 Å². The van der Waals surface area contributed by atoms with Crippen LogP contribution in [0, 0.1) is 5.92 Å². The summed E-state index contributed by atoms with van der Waals surface area (Å²) in [6.45, 7) is 5.95. The van der Waals surface area contributed by atoms with Crippen molar-refractivity contribution >= 4 is 11.9 Å². The van der Waals surface area contributed by atoms with Gasteiger partial charge in [-0.15, -0.1) is 0 Å². The number of esters is 1. The Morgan fingerprint density at radius 2 is 1.05 bits per heavy atom. The van der Waals surface area contributed by atoms with Crippen LogP contribution < -0.4 is 0 Å². The lowest BCUT2D eigenvalue weighted by Crippen LogP contribution is -2.21. The molecule has 0 aliphatic heterocycles. The van der Waals surface area contributed by atoms with Crippen molar-refractivity contribution in [3.05, 3.63) is 24.8 Å². The Balaban J connectivity index is 3.38. The van der Waals surface area contributed by atoms with E-state index in [-0.39, 0.29) is 13.0 Å². The lowest BCUT2D eigenvalue weighted by Gasteiger charge is -2.13. The number of hydrogen-bond acceptors (Lipinski definition) is 3. The van der Waals surface area contributed by atoms with Crippen molar-refractivity contribution < 1.29 is 19.4 Å². The first-order valence-electron chi connectivity index (χ1n) is 16.3. The van der Waals surface area contributed by atoms with Crippen molar-refractivity contribution in [2.75, 3.05) is 6.61 Å². The SMILES string of the molecule is C=CCOC(=O)C(CCCCCCCCCCCCC/C=C/CCCCCCCCCCCC)CC(=O)O. The van der Waals surface area contributed by atoms with Crippen molar-refractivity contribution in [3.8, 4) is 0 Å². The van der Waals surface area contributed by atoms with Gasteiger partial charge in [-0.1, -0.05) is 154 Å². The summed E-state index contributed by atoms with van der Waals surface area (Å²) in [5.74, 6) is -1.89. The van der Waals surface area contributed by atoms with Crippen LogP contribution in [-0.4, -0.2) is 23.7 Å². The van der Waals surface area contributed by atoms with Crippen LogP contribution in [0.2, 0.25) is 0 Å². The smallest absolute Gasteiger partial charge is 0.309 e. The zero-order valence-corrected chi connectivity index (χ0v) is 25.1. The third kappa shape index (κ3) is 27.5. The minimum atomic E-state index is -0.943. The number of carbonyl (C=O) groups is 2. The van der Waals surface area contributed by atoms with E-state index in [1.165, 1.54) is 134 Å². The average molecular weight is 535 g/mol. The predicted octanol–water partition coefficient (Wildman–Crippen LogP) is 10.7. The van der Waals surface area contributed by atoms with E-state index >= 15 is 0 Å². The van der Waals surface area contributed by atoms with Crippen LogP contribution in [0.15, 0.2) is 24.8 Å². The zero-order valence-electron chi connectivity index (χ0n) is 25.1. The number of ether oxygens (including phenoxy) is 1. The second kappa shape index (κ2) is 30.0. The number of unbranched alkanes of at least 4 members (excludes halogenated alkanes) is 21. The van der Waals surface area contributed by atoms with Crippen LogP contribution in [0.3, 0.4) is 0 Å². The van der Waals surface area contributed by atoms with E-state index in [1.807, 2.05) is 0 Å². The first-order chi connectivity index (χ1) is 18.6. The van der Waals surface area contributed by atoms with Crippen molar-refractivity contribution in [3.63, 3.8) is 0 Å². The van der Waals surface area contributed by atoms with Crippen LogP contribution in [0.25, 0.3) is 0 Å². The molecule has 0 aliphatic rings. The van der Waals surface area contributed by atoms with Gasteiger partial charge >= 0.3 is 11.9 Å². The molecule has 4 nitrogen and oxygen atoms in total. The summed E-state index contributed by atoms with van der Waals surface area (Å²) in [4.78, 5) is 23.0. The van der Waals surface area contributed by atoms with Crippen molar-refractivity contribution in [1.82, 2.24) is 0 Å². The first-order valence-corrected chi connectivity index (χ1v) is 16.3. The van der Waals surface area contributed by atoms with Crippen LogP contribution >= 0.6 is 0 Å². The molecule has 0 aromatic heterocycles. The van der Waals surface area contributed by atoms with Gasteiger partial charge in [0.05, 0.1) is 12.3 Å².